The van der Waals surface area contributed by atoms with Gasteiger partial charge in [0.1, 0.15) is 12.7 Å². The van der Waals surface area contributed by atoms with Crippen LogP contribution in [0.25, 0.3) is 0 Å². The van der Waals surface area contributed by atoms with Crippen molar-refractivity contribution < 1.29 is 23.8 Å². The fourth-order valence-electron chi connectivity index (χ4n) is 3.26. The Morgan fingerprint density at radius 2 is 2.13 bits per heavy atom. The average Bonchev–Trinajstić information content (AvgIpc) is 3.05. The number of pyridine rings is 1. The lowest BCUT2D eigenvalue weighted by atomic mass is 10.1. The second kappa shape index (κ2) is 9.71. The predicted octanol–water partition coefficient (Wildman–Crippen LogP) is 1.73. The SMILES string of the molecule is COc1cc(C2NN(c3ccc(CCO)cn3)C(=O)N2CC(=O)NC(C)C)ccc1F. The lowest BCUT2D eigenvalue weighted by Gasteiger charge is -2.23. The molecule has 0 aliphatic carbocycles. The number of anilines is 1. The Morgan fingerprint density at radius 3 is 2.74 bits per heavy atom. The zero-order chi connectivity index (χ0) is 22.5. The standard InChI is InChI=1S/C21H26FN5O4/c1-13(2)24-19(29)12-26-20(15-5-6-16(22)17(10-15)31-3)25-27(21(26)30)18-7-4-14(8-9-28)11-23-18/h4-7,10-11,13,20,25,28H,8-9,12H2,1-3H3,(H,24,29). The first-order valence-electron chi connectivity index (χ1n) is 9.89. The summed E-state index contributed by atoms with van der Waals surface area (Å²) < 4.78 is 19.0. The van der Waals surface area contributed by atoms with Gasteiger partial charge in [0.15, 0.2) is 17.4 Å². The van der Waals surface area contributed by atoms with Crippen LogP contribution in [0.15, 0.2) is 36.5 Å². The number of urea groups is 1. The first-order chi connectivity index (χ1) is 14.8. The molecule has 2 heterocycles. The van der Waals surface area contributed by atoms with E-state index < -0.39 is 18.0 Å². The number of rotatable bonds is 8. The van der Waals surface area contributed by atoms with Crippen LogP contribution in [0.2, 0.25) is 0 Å². The Balaban J connectivity index is 1.92. The molecule has 10 heteroatoms. The third-order valence-corrected chi connectivity index (χ3v) is 4.69. The van der Waals surface area contributed by atoms with Crippen LogP contribution in [0.4, 0.5) is 15.0 Å². The Hall–Kier alpha value is -3.24. The van der Waals surface area contributed by atoms with Gasteiger partial charge in [-0.25, -0.2) is 19.2 Å². The van der Waals surface area contributed by atoms with Gasteiger partial charge in [0, 0.05) is 18.8 Å². The van der Waals surface area contributed by atoms with Crippen LogP contribution < -0.4 is 20.5 Å². The van der Waals surface area contributed by atoms with Crippen molar-refractivity contribution in [2.75, 3.05) is 25.3 Å². The number of benzene rings is 1. The summed E-state index contributed by atoms with van der Waals surface area (Å²) in [6, 6.07) is 7.10. The highest BCUT2D eigenvalue weighted by Gasteiger charge is 2.40. The molecular formula is C21H26FN5O4. The predicted molar refractivity (Wildman–Crippen MR) is 112 cm³/mol. The minimum atomic E-state index is -0.737. The second-order valence-electron chi connectivity index (χ2n) is 7.39. The third-order valence-electron chi connectivity index (χ3n) is 4.69. The maximum absolute atomic E-state index is 13.9. The van der Waals surface area contributed by atoms with Crippen molar-refractivity contribution in [3.05, 3.63) is 53.5 Å². The van der Waals surface area contributed by atoms with Crippen LogP contribution in [0.1, 0.15) is 31.1 Å². The molecule has 1 saturated heterocycles. The van der Waals surface area contributed by atoms with Crippen molar-refractivity contribution in [2.45, 2.75) is 32.5 Å². The van der Waals surface area contributed by atoms with Crippen LogP contribution in [-0.4, -0.2) is 53.2 Å². The van der Waals surface area contributed by atoms with Gasteiger partial charge < -0.3 is 15.2 Å². The van der Waals surface area contributed by atoms with Crippen LogP contribution >= 0.6 is 0 Å². The minimum Gasteiger partial charge on any atom is -0.494 e. The van der Waals surface area contributed by atoms with Gasteiger partial charge in [0.25, 0.3) is 0 Å². The summed E-state index contributed by atoms with van der Waals surface area (Å²) in [6.07, 6.45) is 1.29. The number of hydrazine groups is 1. The molecule has 3 rings (SSSR count). The maximum Gasteiger partial charge on any atom is 0.342 e. The van der Waals surface area contributed by atoms with E-state index in [9.17, 15) is 14.0 Å². The van der Waals surface area contributed by atoms with Gasteiger partial charge in [-0.05, 0) is 49.6 Å². The highest BCUT2D eigenvalue weighted by Crippen LogP contribution is 2.31. The molecule has 166 valence electrons. The number of carbonyl (C=O) groups is 2. The molecule has 0 radical (unpaired) electrons. The number of aliphatic hydroxyl groups excluding tert-OH is 1. The minimum absolute atomic E-state index is 0.00483. The van der Waals surface area contributed by atoms with Gasteiger partial charge in [0.05, 0.1) is 7.11 Å². The first-order valence-corrected chi connectivity index (χ1v) is 9.89. The number of nitrogens with one attached hydrogen (secondary N) is 2. The molecule has 3 amide bonds. The van der Waals surface area contributed by atoms with Gasteiger partial charge in [0.2, 0.25) is 5.91 Å². The van der Waals surface area contributed by atoms with E-state index in [1.54, 1.807) is 18.3 Å². The van der Waals surface area contributed by atoms with E-state index in [-0.39, 0.29) is 30.9 Å². The maximum atomic E-state index is 13.9. The van der Waals surface area contributed by atoms with E-state index in [4.69, 9.17) is 9.84 Å². The number of amides is 3. The van der Waals surface area contributed by atoms with Crippen molar-refractivity contribution in [3.8, 4) is 5.75 Å². The molecule has 31 heavy (non-hydrogen) atoms. The van der Waals surface area contributed by atoms with Gasteiger partial charge in [-0.15, -0.1) is 0 Å². The number of aromatic nitrogens is 1. The molecule has 3 N–H and O–H groups in total. The van der Waals surface area contributed by atoms with E-state index in [0.29, 0.717) is 17.8 Å². The van der Waals surface area contributed by atoms with Crippen molar-refractivity contribution in [3.63, 3.8) is 0 Å². The van der Waals surface area contributed by atoms with Crippen LogP contribution in [0, 0.1) is 5.82 Å². The molecule has 1 fully saturated rings. The smallest absolute Gasteiger partial charge is 0.342 e. The van der Waals surface area contributed by atoms with Gasteiger partial charge >= 0.3 is 6.03 Å². The highest BCUT2D eigenvalue weighted by atomic mass is 19.1. The van der Waals surface area contributed by atoms with Crippen molar-refractivity contribution in [2.24, 2.45) is 0 Å². The Bertz CT molecular complexity index is 938. The molecular weight excluding hydrogens is 405 g/mol. The third kappa shape index (κ3) is 5.09. The zero-order valence-electron chi connectivity index (χ0n) is 17.6. The van der Waals surface area contributed by atoms with Crippen molar-refractivity contribution in [1.82, 2.24) is 20.6 Å². The summed E-state index contributed by atoms with van der Waals surface area (Å²) in [5.74, 6) is -0.490. The molecule has 1 aliphatic rings. The van der Waals surface area contributed by atoms with Gasteiger partial charge in [-0.3, -0.25) is 9.69 Å². The molecule has 1 aliphatic heterocycles. The molecule has 9 nitrogen and oxygen atoms in total. The Labute approximate surface area is 179 Å². The van der Waals surface area contributed by atoms with Crippen molar-refractivity contribution >= 4 is 17.8 Å². The van der Waals surface area contributed by atoms with E-state index in [1.165, 1.54) is 35.2 Å². The summed E-state index contributed by atoms with van der Waals surface area (Å²) in [5, 5.41) is 13.1. The normalized spacial score (nSPS) is 16.2. The topological polar surface area (TPSA) is 107 Å². The molecule has 1 aromatic heterocycles. The van der Waals surface area contributed by atoms with E-state index in [0.717, 1.165) is 5.56 Å². The van der Waals surface area contributed by atoms with E-state index >= 15 is 0 Å². The quantitative estimate of drug-likeness (QED) is 0.588. The number of nitrogens with zero attached hydrogens (tertiary/aromatic N) is 3. The van der Waals surface area contributed by atoms with Crippen molar-refractivity contribution in [1.29, 1.82) is 0 Å². The zero-order valence-corrected chi connectivity index (χ0v) is 17.6. The first kappa shape index (κ1) is 22.4. The second-order valence-corrected chi connectivity index (χ2v) is 7.39. The van der Waals surface area contributed by atoms with Crippen LogP contribution in [0.5, 0.6) is 5.75 Å². The molecule has 1 aromatic carbocycles. The fraction of sp³-hybridized carbons (Fsp3) is 0.381. The lowest BCUT2D eigenvalue weighted by Crippen LogP contribution is -2.42. The molecule has 1 unspecified atom stereocenters. The fourth-order valence-corrected chi connectivity index (χ4v) is 3.26. The summed E-state index contributed by atoms with van der Waals surface area (Å²) in [4.78, 5) is 31.2. The molecule has 0 bridgehead atoms. The summed E-state index contributed by atoms with van der Waals surface area (Å²) >= 11 is 0. The molecule has 0 saturated carbocycles. The lowest BCUT2D eigenvalue weighted by molar-refractivity contribution is -0.122. The van der Waals surface area contributed by atoms with Crippen LogP contribution in [0.3, 0.4) is 0 Å². The monoisotopic (exact) mass is 431 g/mol. The highest BCUT2D eigenvalue weighted by molar-refractivity contribution is 5.95. The molecule has 0 spiro atoms. The van der Waals surface area contributed by atoms with Gasteiger partial charge in [-0.1, -0.05) is 12.1 Å². The summed E-state index contributed by atoms with van der Waals surface area (Å²) in [7, 11) is 1.35. The van der Waals surface area contributed by atoms with E-state index in [2.05, 4.69) is 15.7 Å². The largest absolute Gasteiger partial charge is 0.494 e. The van der Waals surface area contributed by atoms with E-state index in [1.807, 2.05) is 13.8 Å². The number of halogens is 1. The number of methoxy groups -OCH3 is 1. The van der Waals surface area contributed by atoms with Crippen LogP contribution in [-0.2, 0) is 11.2 Å². The number of ether oxygens (including phenoxy) is 1. The average molecular weight is 431 g/mol. The van der Waals surface area contributed by atoms with Gasteiger partial charge in [-0.2, -0.15) is 5.43 Å². The summed E-state index contributed by atoms with van der Waals surface area (Å²) in [6.45, 7) is 3.45. The number of hydrogen-bond donors (Lipinski definition) is 3. The number of aliphatic hydroxyl groups is 1. The number of hydrogen-bond acceptors (Lipinski definition) is 6. The summed E-state index contributed by atoms with van der Waals surface area (Å²) in [5.41, 5.74) is 4.41. The molecule has 1 atom stereocenters. The molecule has 2 aromatic rings. The number of carbonyl (C=O) groups excluding carboxylic acids is 2. The Morgan fingerprint density at radius 1 is 1.35 bits per heavy atom. The Kier molecular flexibility index (Phi) is 7.03.